The Morgan fingerprint density at radius 1 is 0.939 bits per heavy atom. The fourth-order valence-corrected chi connectivity index (χ4v) is 4.12. The summed E-state index contributed by atoms with van der Waals surface area (Å²) in [5.41, 5.74) is 1.57. The Morgan fingerprint density at radius 2 is 1.61 bits per heavy atom. The van der Waals surface area contributed by atoms with Crippen molar-refractivity contribution in [3.8, 4) is 5.75 Å². The third-order valence-corrected chi connectivity index (χ3v) is 5.63. The number of hydrogen-bond acceptors (Lipinski definition) is 5. The summed E-state index contributed by atoms with van der Waals surface area (Å²) < 4.78 is 18.5. The van der Waals surface area contributed by atoms with Crippen molar-refractivity contribution in [1.82, 2.24) is 0 Å². The molecule has 0 aliphatic carbocycles. The predicted molar refractivity (Wildman–Crippen MR) is 126 cm³/mol. The van der Waals surface area contributed by atoms with Crippen molar-refractivity contribution >= 4 is 22.3 Å². The molecule has 0 bridgehead atoms. The van der Waals surface area contributed by atoms with Gasteiger partial charge in [0.05, 0.1) is 17.6 Å². The average Bonchev–Trinajstić information content (AvgIpc) is 3.19. The molecule has 0 fully saturated rings. The quantitative estimate of drug-likeness (QED) is 0.218. The van der Waals surface area contributed by atoms with Gasteiger partial charge in [-0.2, -0.15) is 0 Å². The van der Waals surface area contributed by atoms with E-state index in [0.717, 1.165) is 6.42 Å². The second kappa shape index (κ2) is 8.52. The summed E-state index contributed by atoms with van der Waals surface area (Å²) in [6, 6.07) is 25.5. The lowest BCUT2D eigenvalue weighted by Gasteiger charge is -2.30. The third-order valence-electron chi connectivity index (χ3n) is 5.63. The summed E-state index contributed by atoms with van der Waals surface area (Å²) in [6.07, 6.45) is 2.17. The maximum atomic E-state index is 13.3. The first-order chi connectivity index (χ1) is 16.1. The van der Waals surface area contributed by atoms with Gasteiger partial charge in [-0.15, -0.1) is 0 Å². The Balaban J connectivity index is 1.81. The van der Waals surface area contributed by atoms with Gasteiger partial charge in [0.1, 0.15) is 16.9 Å². The number of carbonyl (C=O) groups excluding carboxylic acids is 1. The molecule has 0 radical (unpaired) electrons. The van der Waals surface area contributed by atoms with Gasteiger partial charge in [-0.05, 0) is 24.6 Å². The molecule has 0 spiro atoms. The van der Waals surface area contributed by atoms with E-state index in [9.17, 15) is 9.59 Å². The zero-order valence-corrected chi connectivity index (χ0v) is 18.1. The van der Waals surface area contributed by atoms with Crippen LogP contribution in [-0.4, -0.2) is 12.4 Å². The number of allylic oxidation sites excluding steroid dienone is 1. The normalized spacial score (nSPS) is 18.3. The zero-order valence-electron chi connectivity index (χ0n) is 18.1. The molecule has 0 N–H and O–H groups in total. The standard InChI is InChI=1S/C28H22O5/c1-2-17-31-28(20-13-7-4-8-14-20)22(18-23(29)19-11-5-3-6-12-19)25-26(33-28)21-15-9-10-16-24(21)32-27(25)30/h3-16,18H,2,17H2,1H3. The van der Waals surface area contributed by atoms with Crippen molar-refractivity contribution in [2.45, 2.75) is 19.1 Å². The topological polar surface area (TPSA) is 65.7 Å². The second-order valence-corrected chi connectivity index (χ2v) is 7.81. The van der Waals surface area contributed by atoms with Crippen molar-refractivity contribution in [1.29, 1.82) is 0 Å². The molecule has 5 nitrogen and oxygen atoms in total. The molecule has 1 unspecified atom stereocenters. The van der Waals surface area contributed by atoms with Crippen LogP contribution in [0.2, 0.25) is 0 Å². The molecular weight excluding hydrogens is 416 g/mol. The van der Waals surface area contributed by atoms with Gasteiger partial charge in [0, 0.05) is 11.1 Å². The number of carbonyl (C=O) groups is 1. The van der Waals surface area contributed by atoms with Gasteiger partial charge >= 0.3 is 5.63 Å². The van der Waals surface area contributed by atoms with E-state index in [0.29, 0.717) is 40.0 Å². The number of rotatable bonds is 6. The molecule has 3 aromatic carbocycles. The highest BCUT2D eigenvalue weighted by atomic mass is 16.7. The smallest absolute Gasteiger partial charge is 0.347 e. The number of ether oxygens (including phenoxy) is 2. The van der Waals surface area contributed by atoms with Crippen molar-refractivity contribution in [3.63, 3.8) is 0 Å². The van der Waals surface area contributed by atoms with E-state index in [1.807, 2.05) is 55.5 Å². The fraction of sp³-hybridized carbons (Fsp3) is 0.143. The SMILES string of the molecule is CCCOC1(c2ccccc2)Oc2c(c(=O)oc3ccccc23)C1=CC(=O)c1ccccc1. The summed E-state index contributed by atoms with van der Waals surface area (Å²) in [5, 5.41) is 0.642. The highest BCUT2D eigenvalue weighted by molar-refractivity contribution is 6.10. The van der Waals surface area contributed by atoms with Gasteiger partial charge < -0.3 is 13.9 Å². The van der Waals surface area contributed by atoms with Crippen molar-refractivity contribution in [3.05, 3.63) is 118 Å². The van der Waals surface area contributed by atoms with E-state index in [4.69, 9.17) is 13.9 Å². The Bertz CT molecular complexity index is 1400. The lowest BCUT2D eigenvalue weighted by molar-refractivity contribution is -0.137. The van der Waals surface area contributed by atoms with Gasteiger partial charge in [0.25, 0.3) is 5.79 Å². The second-order valence-electron chi connectivity index (χ2n) is 7.81. The Kier molecular flexibility index (Phi) is 5.40. The van der Waals surface area contributed by atoms with E-state index >= 15 is 0 Å². The maximum Gasteiger partial charge on any atom is 0.347 e. The van der Waals surface area contributed by atoms with E-state index in [1.165, 1.54) is 6.08 Å². The van der Waals surface area contributed by atoms with E-state index in [-0.39, 0.29) is 11.3 Å². The molecule has 4 aromatic rings. The van der Waals surface area contributed by atoms with Gasteiger partial charge in [-0.25, -0.2) is 4.79 Å². The summed E-state index contributed by atoms with van der Waals surface area (Å²) >= 11 is 0. The summed E-state index contributed by atoms with van der Waals surface area (Å²) in [7, 11) is 0. The Morgan fingerprint density at radius 3 is 2.33 bits per heavy atom. The minimum atomic E-state index is -1.46. The minimum absolute atomic E-state index is 0.206. The van der Waals surface area contributed by atoms with Crippen molar-refractivity contribution < 1.29 is 18.7 Å². The number of hydrogen-bond donors (Lipinski definition) is 0. The van der Waals surface area contributed by atoms with Gasteiger partial charge in [-0.1, -0.05) is 79.7 Å². The molecule has 5 rings (SSSR count). The predicted octanol–water partition coefficient (Wildman–Crippen LogP) is 5.73. The average molecular weight is 438 g/mol. The molecule has 33 heavy (non-hydrogen) atoms. The zero-order chi connectivity index (χ0) is 22.8. The Hall–Kier alpha value is -3.96. The molecule has 1 aliphatic rings. The van der Waals surface area contributed by atoms with Crippen LogP contribution >= 0.6 is 0 Å². The van der Waals surface area contributed by atoms with Gasteiger partial charge in [0.15, 0.2) is 5.78 Å². The molecule has 1 aliphatic heterocycles. The fourth-order valence-electron chi connectivity index (χ4n) is 4.12. The van der Waals surface area contributed by atoms with Crippen LogP contribution in [0.1, 0.15) is 34.8 Å². The highest BCUT2D eigenvalue weighted by Gasteiger charge is 2.50. The molecule has 2 heterocycles. The summed E-state index contributed by atoms with van der Waals surface area (Å²) in [5.74, 6) is -1.35. The van der Waals surface area contributed by atoms with Gasteiger partial charge in [-0.3, -0.25) is 4.79 Å². The molecule has 0 saturated heterocycles. The molecular formula is C28H22O5. The van der Waals surface area contributed by atoms with Crippen LogP contribution < -0.4 is 10.4 Å². The number of benzene rings is 3. The van der Waals surface area contributed by atoms with Gasteiger partial charge in [0.2, 0.25) is 0 Å². The highest BCUT2D eigenvalue weighted by Crippen LogP contribution is 2.51. The van der Waals surface area contributed by atoms with Crippen LogP contribution in [0.4, 0.5) is 0 Å². The van der Waals surface area contributed by atoms with Crippen LogP contribution in [0, 0.1) is 0 Å². The van der Waals surface area contributed by atoms with E-state index < -0.39 is 11.4 Å². The van der Waals surface area contributed by atoms with Crippen LogP contribution in [0.5, 0.6) is 5.75 Å². The third kappa shape index (κ3) is 3.56. The maximum absolute atomic E-state index is 13.3. The minimum Gasteiger partial charge on any atom is -0.452 e. The monoisotopic (exact) mass is 438 g/mol. The summed E-state index contributed by atoms with van der Waals surface area (Å²) in [6.45, 7) is 2.35. The molecule has 1 aromatic heterocycles. The van der Waals surface area contributed by atoms with E-state index in [2.05, 4.69) is 0 Å². The number of ketones is 1. The first-order valence-corrected chi connectivity index (χ1v) is 10.9. The lowest BCUT2D eigenvalue weighted by Crippen LogP contribution is -2.35. The van der Waals surface area contributed by atoms with Crippen LogP contribution in [0.3, 0.4) is 0 Å². The largest absolute Gasteiger partial charge is 0.452 e. The van der Waals surface area contributed by atoms with Crippen LogP contribution in [-0.2, 0) is 10.5 Å². The van der Waals surface area contributed by atoms with Crippen LogP contribution in [0.25, 0.3) is 16.5 Å². The number of fused-ring (bicyclic) bond motifs is 3. The van der Waals surface area contributed by atoms with E-state index in [1.54, 1.807) is 36.4 Å². The number of para-hydroxylation sites is 1. The molecule has 0 saturated carbocycles. The van der Waals surface area contributed by atoms with Crippen molar-refractivity contribution in [2.24, 2.45) is 0 Å². The first-order valence-electron chi connectivity index (χ1n) is 10.9. The summed E-state index contributed by atoms with van der Waals surface area (Å²) in [4.78, 5) is 26.5. The molecule has 164 valence electrons. The lowest BCUT2D eigenvalue weighted by atomic mass is 9.92. The van der Waals surface area contributed by atoms with Crippen molar-refractivity contribution in [2.75, 3.05) is 6.61 Å². The van der Waals surface area contributed by atoms with Crippen LogP contribution in [0.15, 0.2) is 100 Å². The Labute approximate surface area is 190 Å². The molecule has 5 heteroatoms. The first kappa shape index (κ1) is 20.9. The molecule has 1 atom stereocenters. The molecule has 0 amide bonds.